The summed E-state index contributed by atoms with van der Waals surface area (Å²) in [4.78, 5) is 27.5. The van der Waals surface area contributed by atoms with E-state index in [4.69, 9.17) is 4.74 Å². The van der Waals surface area contributed by atoms with Crippen LogP contribution in [0.2, 0.25) is 0 Å². The lowest BCUT2D eigenvalue weighted by Gasteiger charge is -2.28. The molecular weight excluding hydrogens is 242 g/mol. The third-order valence-electron chi connectivity index (χ3n) is 4.06. The first-order valence-corrected chi connectivity index (χ1v) is 6.79. The molecule has 0 atom stereocenters. The predicted molar refractivity (Wildman–Crippen MR) is 70.5 cm³/mol. The van der Waals surface area contributed by atoms with Crippen LogP contribution < -0.4 is 0 Å². The van der Waals surface area contributed by atoms with Gasteiger partial charge >= 0.3 is 5.97 Å². The molecule has 3 rings (SSSR count). The third-order valence-corrected chi connectivity index (χ3v) is 4.06. The molecule has 0 bridgehead atoms. The number of ether oxygens (including phenoxy) is 1. The molecule has 0 unspecified atom stereocenters. The average molecular weight is 261 g/mol. The van der Waals surface area contributed by atoms with Crippen LogP contribution in [0.25, 0.3) is 0 Å². The van der Waals surface area contributed by atoms with Gasteiger partial charge in [0, 0.05) is 17.7 Å². The molecule has 102 valence electrons. The van der Waals surface area contributed by atoms with Gasteiger partial charge in [-0.2, -0.15) is 0 Å². The maximum Gasteiger partial charge on any atom is 0.354 e. The highest BCUT2D eigenvalue weighted by Gasteiger charge is 2.41. The summed E-state index contributed by atoms with van der Waals surface area (Å²) >= 11 is 0. The van der Waals surface area contributed by atoms with Gasteiger partial charge in [0.25, 0.3) is 0 Å². The second-order valence-corrected chi connectivity index (χ2v) is 6.47. The zero-order valence-electron chi connectivity index (χ0n) is 11.6. The predicted octanol–water partition coefficient (Wildman–Crippen LogP) is 2.83. The van der Waals surface area contributed by atoms with Gasteiger partial charge in [-0.15, -0.1) is 0 Å². The Hall–Kier alpha value is -1.58. The average Bonchev–Trinajstić information content (AvgIpc) is 3.08. The SMILES string of the molecule is COC(=O)c1[nH]c2c(c1C1CC1)C(=O)CC(C)(C)C2. The van der Waals surface area contributed by atoms with E-state index in [1.165, 1.54) is 7.11 Å². The quantitative estimate of drug-likeness (QED) is 0.833. The Morgan fingerprint density at radius 3 is 2.58 bits per heavy atom. The first-order chi connectivity index (χ1) is 8.93. The fourth-order valence-corrected chi connectivity index (χ4v) is 3.13. The molecule has 0 spiro atoms. The van der Waals surface area contributed by atoms with Gasteiger partial charge in [0.2, 0.25) is 0 Å². The number of carbonyl (C=O) groups is 2. The van der Waals surface area contributed by atoms with Crippen molar-refractivity contribution in [3.05, 3.63) is 22.5 Å². The molecule has 1 saturated carbocycles. The first kappa shape index (κ1) is 12.5. The number of ketones is 1. The number of H-pyrrole nitrogens is 1. The van der Waals surface area contributed by atoms with E-state index in [-0.39, 0.29) is 17.2 Å². The molecule has 0 radical (unpaired) electrons. The molecule has 1 aromatic rings. The molecule has 1 N–H and O–H groups in total. The van der Waals surface area contributed by atoms with Crippen molar-refractivity contribution in [3.8, 4) is 0 Å². The Bertz CT molecular complexity index is 564. The molecular formula is C15H19NO3. The summed E-state index contributed by atoms with van der Waals surface area (Å²) in [6.45, 7) is 4.17. The summed E-state index contributed by atoms with van der Waals surface area (Å²) in [6.07, 6.45) is 3.49. The Balaban J connectivity index is 2.15. The van der Waals surface area contributed by atoms with Crippen LogP contribution in [0.1, 0.15) is 71.1 Å². The van der Waals surface area contributed by atoms with Crippen LogP contribution >= 0.6 is 0 Å². The zero-order valence-corrected chi connectivity index (χ0v) is 11.6. The second-order valence-electron chi connectivity index (χ2n) is 6.47. The molecule has 4 nitrogen and oxygen atoms in total. The van der Waals surface area contributed by atoms with Crippen LogP contribution in [0.15, 0.2) is 0 Å². The van der Waals surface area contributed by atoms with Crippen molar-refractivity contribution in [3.63, 3.8) is 0 Å². The fourth-order valence-electron chi connectivity index (χ4n) is 3.13. The highest BCUT2D eigenvalue weighted by molar-refractivity contribution is 6.04. The molecule has 4 heteroatoms. The Morgan fingerprint density at radius 1 is 1.32 bits per heavy atom. The highest BCUT2D eigenvalue weighted by Crippen LogP contribution is 2.47. The lowest BCUT2D eigenvalue weighted by molar-refractivity contribution is 0.0593. The van der Waals surface area contributed by atoms with Crippen molar-refractivity contribution in [2.24, 2.45) is 5.41 Å². The van der Waals surface area contributed by atoms with Gasteiger partial charge in [0.05, 0.1) is 7.11 Å². The number of hydrogen-bond acceptors (Lipinski definition) is 3. The van der Waals surface area contributed by atoms with E-state index in [9.17, 15) is 9.59 Å². The van der Waals surface area contributed by atoms with Crippen LogP contribution in [0, 0.1) is 5.41 Å². The zero-order chi connectivity index (χ0) is 13.8. The molecule has 0 amide bonds. The number of carbonyl (C=O) groups excluding carboxylic acids is 2. The highest BCUT2D eigenvalue weighted by atomic mass is 16.5. The second kappa shape index (κ2) is 3.95. The van der Waals surface area contributed by atoms with Gasteiger partial charge in [-0.3, -0.25) is 4.79 Å². The van der Waals surface area contributed by atoms with Gasteiger partial charge in [-0.05, 0) is 36.2 Å². The minimum atomic E-state index is -0.359. The van der Waals surface area contributed by atoms with Crippen LogP contribution in [-0.4, -0.2) is 23.8 Å². The summed E-state index contributed by atoms with van der Waals surface area (Å²) in [5.74, 6) is 0.167. The number of methoxy groups -OCH3 is 1. The Labute approximate surface area is 112 Å². The van der Waals surface area contributed by atoms with E-state index in [0.717, 1.165) is 36.1 Å². The summed E-state index contributed by atoms with van der Waals surface area (Å²) < 4.78 is 4.84. The number of rotatable bonds is 2. The van der Waals surface area contributed by atoms with Crippen molar-refractivity contribution in [1.29, 1.82) is 0 Å². The van der Waals surface area contributed by atoms with Gasteiger partial charge in [-0.1, -0.05) is 13.8 Å². The molecule has 0 aliphatic heterocycles. The van der Waals surface area contributed by atoms with Crippen molar-refractivity contribution in [1.82, 2.24) is 4.98 Å². The molecule has 1 fully saturated rings. The number of aromatic amines is 1. The van der Waals surface area contributed by atoms with Crippen LogP contribution in [-0.2, 0) is 11.2 Å². The third kappa shape index (κ3) is 1.99. The van der Waals surface area contributed by atoms with Gasteiger partial charge < -0.3 is 9.72 Å². The molecule has 0 saturated heterocycles. The summed E-state index contributed by atoms with van der Waals surface area (Å²) in [7, 11) is 1.38. The maximum absolute atomic E-state index is 12.4. The Morgan fingerprint density at radius 2 is 2.00 bits per heavy atom. The van der Waals surface area contributed by atoms with Crippen molar-refractivity contribution >= 4 is 11.8 Å². The van der Waals surface area contributed by atoms with E-state index in [1.54, 1.807) is 0 Å². The molecule has 2 aliphatic rings. The number of hydrogen-bond donors (Lipinski definition) is 1. The number of aromatic nitrogens is 1. The molecule has 1 heterocycles. The van der Waals surface area contributed by atoms with E-state index < -0.39 is 0 Å². The molecule has 19 heavy (non-hydrogen) atoms. The number of fused-ring (bicyclic) bond motifs is 1. The maximum atomic E-state index is 12.4. The molecule has 0 aromatic carbocycles. The van der Waals surface area contributed by atoms with Gasteiger partial charge in [-0.25, -0.2) is 4.79 Å². The van der Waals surface area contributed by atoms with E-state index in [1.807, 2.05) is 0 Å². The lowest BCUT2D eigenvalue weighted by Crippen LogP contribution is -2.27. The number of Topliss-reactive ketones (excluding diaryl/α,β-unsaturated/α-hetero) is 1. The normalized spacial score (nSPS) is 21.1. The Kier molecular flexibility index (Phi) is 2.59. The number of nitrogens with one attached hydrogen (secondary N) is 1. The summed E-state index contributed by atoms with van der Waals surface area (Å²) in [5.41, 5.74) is 3.08. The monoisotopic (exact) mass is 261 g/mol. The van der Waals surface area contributed by atoms with Crippen LogP contribution in [0.4, 0.5) is 0 Å². The van der Waals surface area contributed by atoms with E-state index >= 15 is 0 Å². The molecule has 1 aromatic heterocycles. The fraction of sp³-hybridized carbons (Fsp3) is 0.600. The van der Waals surface area contributed by atoms with Gasteiger partial charge in [0.1, 0.15) is 5.69 Å². The van der Waals surface area contributed by atoms with Crippen LogP contribution in [0.5, 0.6) is 0 Å². The van der Waals surface area contributed by atoms with Crippen molar-refractivity contribution in [2.75, 3.05) is 7.11 Å². The lowest BCUT2D eigenvalue weighted by atomic mass is 9.75. The largest absolute Gasteiger partial charge is 0.464 e. The van der Waals surface area contributed by atoms with Crippen LogP contribution in [0.3, 0.4) is 0 Å². The van der Waals surface area contributed by atoms with Crippen molar-refractivity contribution < 1.29 is 14.3 Å². The number of esters is 1. The van der Waals surface area contributed by atoms with E-state index in [2.05, 4.69) is 18.8 Å². The first-order valence-electron chi connectivity index (χ1n) is 6.79. The van der Waals surface area contributed by atoms with E-state index in [0.29, 0.717) is 18.0 Å². The topological polar surface area (TPSA) is 59.2 Å². The van der Waals surface area contributed by atoms with Crippen molar-refractivity contribution in [2.45, 2.75) is 45.4 Å². The smallest absolute Gasteiger partial charge is 0.354 e. The summed E-state index contributed by atoms with van der Waals surface area (Å²) in [6, 6.07) is 0. The summed E-state index contributed by atoms with van der Waals surface area (Å²) in [5, 5.41) is 0. The molecule has 2 aliphatic carbocycles. The standard InChI is InChI=1S/C15H19NO3/c1-15(2)6-9-12(10(17)7-15)11(8-4-5-8)13(16-9)14(18)19-3/h8,16H,4-7H2,1-3H3. The minimum absolute atomic E-state index is 0.0385. The minimum Gasteiger partial charge on any atom is -0.464 e. The van der Waals surface area contributed by atoms with Gasteiger partial charge in [0.15, 0.2) is 5.78 Å².